The molecule has 11 heteroatoms. The second-order valence-corrected chi connectivity index (χ2v) is 15.4. The zero-order valence-corrected chi connectivity index (χ0v) is 22.9. The van der Waals surface area contributed by atoms with Crippen molar-refractivity contribution in [3.05, 3.63) is 52.7 Å². The summed E-state index contributed by atoms with van der Waals surface area (Å²) in [7, 11) is 1.26. The molecule has 0 spiro atoms. The van der Waals surface area contributed by atoms with E-state index in [9.17, 15) is 8.42 Å². The van der Waals surface area contributed by atoms with Gasteiger partial charge in [-0.25, -0.2) is 17.7 Å². The number of hydrogen-bond acceptors (Lipinski definition) is 4. The van der Waals surface area contributed by atoms with Gasteiger partial charge in [0.25, 0.3) is 0 Å². The Bertz CT molecular complexity index is 1110. The Kier molecular flexibility index (Phi) is 8.99. The number of aromatic nitrogens is 2. The van der Waals surface area contributed by atoms with Crippen LogP contribution in [0.5, 0.6) is 5.88 Å². The van der Waals surface area contributed by atoms with Gasteiger partial charge < -0.3 is 9.72 Å². The molecule has 3 rings (SSSR count). The first kappa shape index (κ1) is 25.4. The van der Waals surface area contributed by atoms with Crippen LogP contribution in [0.25, 0.3) is 11.0 Å². The first-order valence-electron chi connectivity index (χ1n) is 8.93. The number of nitrogens with one attached hydrogen (secondary N) is 1. The molecule has 0 atom stereocenters. The van der Waals surface area contributed by atoms with Crippen molar-refractivity contribution in [3.63, 3.8) is 0 Å². The Balaban J connectivity index is 0.000000735. The van der Waals surface area contributed by atoms with Crippen LogP contribution in [0.4, 0.5) is 0 Å². The summed E-state index contributed by atoms with van der Waals surface area (Å²) < 4.78 is 31.2. The maximum Gasteiger partial charge on any atom is 0.369 e. The smallest absolute Gasteiger partial charge is 0.369 e. The van der Waals surface area contributed by atoms with Gasteiger partial charge in [0.1, 0.15) is 0 Å². The lowest BCUT2D eigenvalue weighted by molar-refractivity contribution is 0.396. The minimum atomic E-state index is -3.41. The first-order chi connectivity index (χ1) is 14.0. The van der Waals surface area contributed by atoms with E-state index in [1.807, 2.05) is 32.0 Å². The third kappa shape index (κ3) is 6.09. The molecule has 30 heavy (non-hydrogen) atoms. The van der Waals surface area contributed by atoms with Crippen molar-refractivity contribution in [2.24, 2.45) is 0 Å². The Labute approximate surface area is 202 Å². The molecule has 0 saturated carbocycles. The van der Waals surface area contributed by atoms with Crippen LogP contribution in [0.15, 0.2) is 35.2 Å². The summed E-state index contributed by atoms with van der Waals surface area (Å²) in [5, 5.41) is 0. The lowest BCUT2D eigenvalue weighted by atomic mass is 10.0. The largest absolute Gasteiger partial charge is 0.481 e. The summed E-state index contributed by atoms with van der Waals surface area (Å²) in [5.74, 6) is 0.616. The molecule has 2 aromatic heterocycles. The number of benzene rings is 1. The lowest BCUT2D eigenvalue weighted by Crippen LogP contribution is -2.22. The third-order valence-electron chi connectivity index (χ3n) is 4.50. The van der Waals surface area contributed by atoms with Gasteiger partial charge in [-0.1, -0.05) is 12.1 Å². The van der Waals surface area contributed by atoms with Crippen LogP contribution in [0.3, 0.4) is 0 Å². The van der Waals surface area contributed by atoms with E-state index < -0.39 is 10.0 Å². The summed E-state index contributed by atoms with van der Waals surface area (Å²) in [6, 6.07) is 9.02. The SMILES string of the molecule is BrB(Br)Br.COc1nc2c(Cc3ccc(S(=O)(=O)N(C)C)cc3)c(C)[nH]c2cc1C. The second kappa shape index (κ2) is 10.6. The van der Waals surface area contributed by atoms with Crippen LogP contribution in [-0.4, -0.2) is 47.1 Å². The fourth-order valence-electron chi connectivity index (χ4n) is 2.99. The molecule has 6 nitrogen and oxygen atoms in total. The molecule has 0 aliphatic rings. The number of aromatic amines is 1. The maximum absolute atomic E-state index is 12.2. The van der Waals surface area contributed by atoms with Gasteiger partial charge in [0.2, 0.25) is 15.9 Å². The number of H-pyrrole nitrogens is 1. The molecule has 162 valence electrons. The summed E-state index contributed by atoms with van der Waals surface area (Å²) in [6.45, 7) is 3.98. The zero-order valence-electron chi connectivity index (χ0n) is 17.3. The minimum Gasteiger partial charge on any atom is -0.481 e. The van der Waals surface area contributed by atoms with E-state index in [1.54, 1.807) is 19.2 Å². The van der Waals surface area contributed by atoms with Crippen molar-refractivity contribution in [1.29, 1.82) is 0 Å². The standard InChI is InChI=1S/C19H23N3O3S.BBr3/c1-12-10-17-18(21-19(12)25-5)16(13(2)20-17)11-14-6-8-15(9-7-14)26(23,24)22(3)4;2-1(3)4/h6-10,20H,11H2,1-5H3;. The number of fused-ring (bicyclic) bond motifs is 1. The van der Waals surface area contributed by atoms with E-state index in [0.717, 1.165) is 33.4 Å². The number of ether oxygens (including phenoxy) is 1. The molecular formula is C19H23BBr3N3O3S. The van der Waals surface area contributed by atoms with Gasteiger partial charge in [-0.15, -0.1) is 47.3 Å². The van der Waals surface area contributed by atoms with E-state index in [4.69, 9.17) is 4.74 Å². The molecular weight excluding hydrogens is 601 g/mol. The second-order valence-electron chi connectivity index (χ2n) is 6.79. The van der Waals surface area contributed by atoms with Gasteiger partial charge in [0.05, 0.1) is 23.0 Å². The Hall–Kier alpha value is -0.875. The number of rotatable bonds is 5. The van der Waals surface area contributed by atoms with Crippen molar-refractivity contribution >= 4 is 71.5 Å². The van der Waals surface area contributed by atoms with Gasteiger partial charge in [-0.3, -0.25) is 0 Å². The predicted octanol–water partition coefficient (Wildman–Crippen LogP) is 5.19. The van der Waals surface area contributed by atoms with Gasteiger partial charge in [0, 0.05) is 37.3 Å². The summed E-state index contributed by atoms with van der Waals surface area (Å²) >= 11 is 9.31. The third-order valence-corrected chi connectivity index (χ3v) is 6.33. The molecule has 2 heterocycles. The van der Waals surface area contributed by atoms with Gasteiger partial charge in [-0.05, 0) is 37.6 Å². The van der Waals surface area contributed by atoms with Crippen molar-refractivity contribution in [1.82, 2.24) is 14.3 Å². The summed E-state index contributed by atoms with van der Waals surface area (Å²) in [4.78, 5) is 8.29. The van der Waals surface area contributed by atoms with Crippen molar-refractivity contribution < 1.29 is 13.2 Å². The fraction of sp³-hybridized carbons (Fsp3) is 0.316. The minimum absolute atomic E-state index is 0.271. The number of aryl methyl sites for hydroxylation is 2. The summed E-state index contributed by atoms with van der Waals surface area (Å²) in [6.07, 6.45) is 0.660. The average Bonchev–Trinajstić information content (AvgIpc) is 2.95. The van der Waals surface area contributed by atoms with Crippen molar-refractivity contribution in [2.45, 2.75) is 25.2 Å². The lowest BCUT2D eigenvalue weighted by Gasteiger charge is -2.11. The van der Waals surface area contributed by atoms with Crippen molar-refractivity contribution in [2.75, 3.05) is 21.2 Å². The number of sulfonamides is 1. The first-order valence-corrected chi connectivity index (χ1v) is 13.1. The molecule has 1 aromatic carbocycles. The Morgan fingerprint density at radius 2 is 1.70 bits per heavy atom. The maximum atomic E-state index is 12.2. The van der Waals surface area contributed by atoms with Gasteiger partial charge >= 0.3 is 3.18 Å². The van der Waals surface area contributed by atoms with Crippen molar-refractivity contribution in [3.8, 4) is 5.88 Å². The molecule has 0 unspecified atom stereocenters. The van der Waals surface area contributed by atoms with Gasteiger partial charge in [0.15, 0.2) is 0 Å². The molecule has 0 radical (unpaired) electrons. The molecule has 0 saturated heterocycles. The topological polar surface area (TPSA) is 75.3 Å². The van der Waals surface area contributed by atoms with Crippen LogP contribution in [-0.2, 0) is 16.4 Å². The Morgan fingerprint density at radius 3 is 2.20 bits per heavy atom. The highest BCUT2D eigenvalue weighted by atomic mass is 79.9. The molecule has 0 fully saturated rings. The molecule has 0 amide bonds. The quantitative estimate of drug-likeness (QED) is 0.398. The number of nitrogens with zero attached hydrogens (tertiary/aromatic N) is 2. The van der Waals surface area contributed by atoms with E-state index in [2.05, 4.69) is 57.2 Å². The highest BCUT2D eigenvalue weighted by Gasteiger charge is 2.17. The highest BCUT2D eigenvalue weighted by molar-refractivity contribution is 9.69. The average molecular weight is 624 g/mol. The van der Waals surface area contributed by atoms with E-state index >= 15 is 0 Å². The van der Waals surface area contributed by atoms with Gasteiger partial charge in [-0.2, -0.15) is 0 Å². The van der Waals surface area contributed by atoms with Crippen LogP contribution < -0.4 is 4.74 Å². The van der Waals surface area contributed by atoms with Crippen LogP contribution in [0, 0.1) is 13.8 Å². The van der Waals surface area contributed by atoms with Crippen LogP contribution in [0.1, 0.15) is 22.4 Å². The molecule has 3 aromatic rings. The number of hydrogen-bond donors (Lipinski definition) is 1. The number of pyridine rings is 1. The van der Waals surface area contributed by atoms with Crippen LogP contribution >= 0.6 is 47.3 Å². The monoisotopic (exact) mass is 621 g/mol. The number of methoxy groups -OCH3 is 1. The van der Waals surface area contributed by atoms with E-state index in [0.29, 0.717) is 12.3 Å². The summed E-state index contributed by atoms with van der Waals surface area (Å²) in [5.41, 5.74) is 5.99. The normalized spacial score (nSPS) is 11.4. The Morgan fingerprint density at radius 1 is 1.13 bits per heavy atom. The van der Waals surface area contributed by atoms with E-state index in [1.165, 1.54) is 18.4 Å². The zero-order chi connectivity index (χ0) is 22.6. The fourth-order valence-corrected chi connectivity index (χ4v) is 3.90. The van der Waals surface area contributed by atoms with Crippen LogP contribution in [0.2, 0.25) is 0 Å². The molecule has 0 aliphatic heterocycles. The predicted molar refractivity (Wildman–Crippen MR) is 135 cm³/mol. The molecule has 0 aliphatic carbocycles. The molecule has 0 bridgehead atoms. The van der Waals surface area contributed by atoms with E-state index in [-0.39, 0.29) is 8.08 Å². The number of halogens is 3. The highest BCUT2D eigenvalue weighted by Crippen LogP contribution is 2.28. The molecule has 1 N–H and O–H groups in total.